The molecule has 0 saturated carbocycles. The van der Waals surface area contributed by atoms with Gasteiger partial charge in [0.15, 0.2) is 5.65 Å². The standard InChI is InChI=1S/C15H17ClN4.ClH/c1-10-13-14(17-9-5-8-16)11-6-3-4-7-12(11)18-15(13)20(2)19-10;/h3-4,6-7H,5,8-9H2,1-2H3,(H,17,18);1H. The highest BCUT2D eigenvalue weighted by Crippen LogP contribution is 2.32. The highest BCUT2D eigenvalue weighted by Gasteiger charge is 2.14. The van der Waals surface area contributed by atoms with E-state index in [4.69, 9.17) is 16.6 Å². The summed E-state index contributed by atoms with van der Waals surface area (Å²) in [6.45, 7) is 2.87. The van der Waals surface area contributed by atoms with Gasteiger partial charge < -0.3 is 5.32 Å². The van der Waals surface area contributed by atoms with Crippen LogP contribution in [0.5, 0.6) is 0 Å². The maximum Gasteiger partial charge on any atom is 0.160 e. The molecule has 6 heteroatoms. The van der Waals surface area contributed by atoms with Crippen molar-refractivity contribution in [1.82, 2.24) is 14.8 Å². The Kier molecular flexibility index (Phi) is 4.91. The van der Waals surface area contributed by atoms with E-state index in [0.29, 0.717) is 5.88 Å². The lowest BCUT2D eigenvalue weighted by Gasteiger charge is -2.11. The first kappa shape index (κ1) is 15.9. The van der Waals surface area contributed by atoms with Crippen molar-refractivity contribution in [1.29, 1.82) is 0 Å². The Hall–Kier alpha value is -1.52. The predicted octanol–water partition coefficient (Wildman–Crippen LogP) is 3.89. The van der Waals surface area contributed by atoms with Gasteiger partial charge in [-0.2, -0.15) is 5.10 Å². The van der Waals surface area contributed by atoms with Crippen molar-refractivity contribution in [3.05, 3.63) is 30.0 Å². The number of rotatable bonds is 4. The number of alkyl halides is 1. The van der Waals surface area contributed by atoms with E-state index in [1.165, 1.54) is 0 Å². The molecule has 2 heterocycles. The van der Waals surface area contributed by atoms with Gasteiger partial charge in [-0.3, -0.25) is 4.68 Å². The topological polar surface area (TPSA) is 42.7 Å². The monoisotopic (exact) mass is 324 g/mol. The summed E-state index contributed by atoms with van der Waals surface area (Å²) in [6, 6.07) is 8.17. The highest BCUT2D eigenvalue weighted by molar-refractivity contribution is 6.17. The molecule has 0 saturated heterocycles. The molecule has 4 nitrogen and oxygen atoms in total. The van der Waals surface area contributed by atoms with Crippen LogP contribution in [-0.4, -0.2) is 27.2 Å². The van der Waals surface area contributed by atoms with Crippen LogP contribution in [0, 0.1) is 6.92 Å². The fraction of sp³-hybridized carbons (Fsp3) is 0.333. The molecule has 3 aromatic rings. The summed E-state index contributed by atoms with van der Waals surface area (Å²) >= 11 is 5.77. The fourth-order valence-electron chi connectivity index (χ4n) is 2.56. The van der Waals surface area contributed by atoms with Gasteiger partial charge in [0.25, 0.3) is 0 Å². The van der Waals surface area contributed by atoms with E-state index >= 15 is 0 Å². The molecule has 3 rings (SSSR count). The zero-order chi connectivity index (χ0) is 14.1. The number of fused-ring (bicyclic) bond motifs is 2. The van der Waals surface area contributed by atoms with Gasteiger partial charge in [0.05, 0.1) is 22.3 Å². The average Bonchev–Trinajstić information content (AvgIpc) is 2.73. The number of anilines is 1. The molecule has 0 aliphatic rings. The Labute approximate surface area is 134 Å². The number of aryl methyl sites for hydroxylation is 2. The highest BCUT2D eigenvalue weighted by atomic mass is 35.5. The van der Waals surface area contributed by atoms with Gasteiger partial charge in [-0.15, -0.1) is 24.0 Å². The first-order valence-corrected chi connectivity index (χ1v) is 7.27. The summed E-state index contributed by atoms with van der Waals surface area (Å²) in [7, 11) is 1.93. The van der Waals surface area contributed by atoms with Crippen molar-refractivity contribution in [2.45, 2.75) is 13.3 Å². The minimum Gasteiger partial charge on any atom is -0.384 e. The maximum absolute atomic E-state index is 5.77. The zero-order valence-electron chi connectivity index (χ0n) is 12.1. The van der Waals surface area contributed by atoms with Gasteiger partial charge >= 0.3 is 0 Å². The van der Waals surface area contributed by atoms with Gasteiger partial charge in [-0.1, -0.05) is 18.2 Å². The fourth-order valence-corrected chi connectivity index (χ4v) is 2.70. The Morgan fingerprint density at radius 3 is 2.81 bits per heavy atom. The van der Waals surface area contributed by atoms with Crippen molar-refractivity contribution in [3.8, 4) is 0 Å². The summed E-state index contributed by atoms with van der Waals surface area (Å²) < 4.78 is 1.84. The summed E-state index contributed by atoms with van der Waals surface area (Å²) in [5, 5.41) is 10.2. The Morgan fingerprint density at radius 1 is 1.29 bits per heavy atom. The third kappa shape index (κ3) is 2.78. The molecule has 0 amide bonds. The number of halogens is 2. The molecular weight excluding hydrogens is 307 g/mol. The second kappa shape index (κ2) is 6.50. The molecule has 0 aliphatic carbocycles. The number of nitrogens with one attached hydrogen (secondary N) is 1. The van der Waals surface area contributed by atoms with Crippen molar-refractivity contribution in [2.24, 2.45) is 7.05 Å². The molecule has 1 N–H and O–H groups in total. The molecule has 21 heavy (non-hydrogen) atoms. The summed E-state index contributed by atoms with van der Waals surface area (Å²) in [4.78, 5) is 4.72. The largest absolute Gasteiger partial charge is 0.384 e. The van der Waals surface area contributed by atoms with Crippen LogP contribution in [0.3, 0.4) is 0 Å². The minimum atomic E-state index is 0. The number of pyridine rings is 1. The van der Waals surface area contributed by atoms with Gasteiger partial charge in [0, 0.05) is 24.9 Å². The van der Waals surface area contributed by atoms with Gasteiger partial charge in [0.1, 0.15) is 0 Å². The smallest absolute Gasteiger partial charge is 0.160 e. The number of hydrogen-bond donors (Lipinski definition) is 1. The van der Waals surface area contributed by atoms with Crippen LogP contribution in [0.25, 0.3) is 21.9 Å². The van der Waals surface area contributed by atoms with Crippen LogP contribution in [-0.2, 0) is 7.05 Å². The van der Waals surface area contributed by atoms with Gasteiger partial charge in [-0.25, -0.2) is 4.98 Å². The van der Waals surface area contributed by atoms with E-state index in [2.05, 4.69) is 16.5 Å². The molecule has 0 bridgehead atoms. The van der Waals surface area contributed by atoms with Gasteiger partial charge in [-0.05, 0) is 19.4 Å². The summed E-state index contributed by atoms with van der Waals surface area (Å²) in [6.07, 6.45) is 0.930. The maximum atomic E-state index is 5.77. The first-order valence-electron chi connectivity index (χ1n) is 6.74. The number of nitrogens with zero attached hydrogens (tertiary/aromatic N) is 3. The molecule has 0 unspecified atom stereocenters. The minimum absolute atomic E-state index is 0. The third-order valence-electron chi connectivity index (χ3n) is 3.45. The van der Waals surface area contributed by atoms with Gasteiger partial charge in [0.2, 0.25) is 0 Å². The lowest BCUT2D eigenvalue weighted by atomic mass is 10.1. The number of benzene rings is 1. The molecule has 112 valence electrons. The molecule has 0 fully saturated rings. The van der Waals surface area contributed by atoms with Crippen LogP contribution in [0.4, 0.5) is 5.69 Å². The number of para-hydroxylation sites is 1. The van der Waals surface area contributed by atoms with Crippen LogP contribution in [0.15, 0.2) is 24.3 Å². The van der Waals surface area contributed by atoms with Crippen LogP contribution in [0.1, 0.15) is 12.1 Å². The molecule has 0 atom stereocenters. The first-order chi connectivity index (χ1) is 9.72. The molecule has 0 spiro atoms. The molecule has 1 aromatic carbocycles. The van der Waals surface area contributed by atoms with E-state index in [1.807, 2.05) is 36.9 Å². The van der Waals surface area contributed by atoms with E-state index in [-0.39, 0.29) is 12.4 Å². The van der Waals surface area contributed by atoms with Crippen LogP contribution in [0.2, 0.25) is 0 Å². The number of hydrogen-bond acceptors (Lipinski definition) is 3. The van der Waals surface area contributed by atoms with Crippen molar-refractivity contribution < 1.29 is 0 Å². The van der Waals surface area contributed by atoms with Crippen LogP contribution < -0.4 is 5.32 Å². The van der Waals surface area contributed by atoms with Crippen molar-refractivity contribution in [3.63, 3.8) is 0 Å². The zero-order valence-corrected chi connectivity index (χ0v) is 13.6. The van der Waals surface area contributed by atoms with E-state index in [0.717, 1.165) is 46.3 Å². The van der Waals surface area contributed by atoms with Crippen molar-refractivity contribution in [2.75, 3.05) is 17.7 Å². The Morgan fingerprint density at radius 2 is 2.05 bits per heavy atom. The predicted molar refractivity (Wildman–Crippen MR) is 91.8 cm³/mol. The lowest BCUT2D eigenvalue weighted by molar-refractivity contribution is 0.775. The summed E-state index contributed by atoms with van der Waals surface area (Å²) in [5.41, 5.74) is 4.00. The third-order valence-corrected chi connectivity index (χ3v) is 3.72. The molecular formula is C15H18Cl2N4. The molecule has 2 aromatic heterocycles. The quantitative estimate of drug-likeness (QED) is 0.584. The SMILES string of the molecule is Cc1nn(C)c2nc3ccccc3c(NCCCCl)c12.Cl. The lowest BCUT2D eigenvalue weighted by Crippen LogP contribution is -2.04. The number of aromatic nitrogens is 3. The average molecular weight is 325 g/mol. The Balaban J connectivity index is 0.00000161. The van der Waals surface area contributed by atoms with Crippen LogP contribution >= 0.6 is 24.0 Å². The molecule has 0 aliphatic heterocycles. The van der Waals surface area contributed by atoms with E-state index in [1.54, 1.807) is 0 Å². The molecule has 0 radical (unpaired) electrons. The normalized spacial score (nSPS) is 10.8. The second-order valence-corrected chi connectivity index (χ2v) is 5.26. The van der Waals surface area contributed by atoms with E-state index in [9.17, 15) is 0 Å². The Bertz CT molecular complexity index is 767. The second-order valence-electron chi connectivity index (χ2n) is 4.88. The van der Waals surface area contributed by atoms with Crippen molar-refractivity contribution >= 4 is 51.6 Å². The van der Waals surface area contributed by atoms with E-state index < -0.39 is 0 Å². The summed E-state index contributed by atoms with van der Waals surface area (Å²) in [5.74, 6) is 0.658.